The van der Waals surface area contributed by atoms with Crippen molar-refractivity contribution in [3.05, 3.63) is 73.9 Å². The van der Waals surface area contributed by atoms with E-state index in [1.807, 2.05) is 18.2 Å². The smallest absolute Gasteiger partial charge is 0.349 e. The minimum Gasteiger partial charge on any atom is -0.422 e. The van der Waals surface area contributed by atoms with Crippen molar-refractivity contribution in [1.29, 1.82) is 0 Å². The summed E-state index contributed by atoms with van der Waals surface area (Å²) in [7, 11) is 0. The summed E-state index contributed by atoms with van der Waals surface area (Å²) in [5.41, 5.74) is 0.534. The molecule has 1 N–H and O–H groups in total. The number of fused-ring (bicyclic) bond motifs is 1. The molecule has 0 aliphatic carbocycles. The number of hydrogen-bond acceptors (Lipinski definition) is 4. The van der Waals surface area contributed by atoms with Gasteiger partial charge >= 0.3 is 5.63 Å². The van der Waals surface area contributed by atoms with Gasteiger partial charge in [0.1, 0.15) is 11.1 Å². The van der Waals surface area contributed by atoms with Gasteiger partial charge in [0.25, 0.3) is 5.91 Å². The van der Waals surface area contributed by atoms with Gasteiger partial charge in [0, 0.05) is 15.2 Å². The Morgan fingerprint density at radius 3 is 2.86 bits per heavy atom. The Labute approximate surface area is 139 Å². The van der Waals surface area contributed by atoms with Gasteiger partial charge in [-0.25, -0.2) is 4.79 Å². The van der Waals surface area contributed by atoms with Crippen LogP contribution >= 0.6 is 22.6 Å². The molecule has 0 aliphatic rings. The summed E-state index contributed by atoms with van der Waals surface area (Å²) in [5.74, 6) is -0.472. The van der Waals surface area contributed by atoms with Crippen LogP contribution in [0, 0.1) is 3.57 Å². The van der Waals surface area contributed by atoms with Crippen LogP contribution in [0.25, 0.3) is 11.0 Å². The molecule has 0 unspecified atom stereocenters. The number of benzene rings is 1. The standard InChI is InChI=1S/C16H11IN2O3/c17-11-5-4-10-7-13(16(21)22-14(10)8-11)15(20)19-9-12-3-1-2-6-18-12/h1-8H,9H2,(H,19,20). The summed E-state index contributed by atoms with van der Waals surface area (Å²) in [6.07, 6.45) is 1.65. The molecule has 22 heavy (non-hydrogen) atoms. The first kappa shape index (κ1) is 14.7. The van der Waals surface area contributed by atoms with Gasteiger partial charge in [0.05, 0.1) is 12.2 Å². The second-order valence-corrected chi connectivity index (χ2v) is 5.88. The Balaban J connectivity index is 1.86. The molecule has 0 spiro atoms. The van der Waals surface area contributed by atoms with E-state index in [1.54, 1.807) is 30.5 Å². The second kappa shape index (κ2) is 6.27. The molecule has 110 valence electrons. The van der Waals surface area contributed by atoms with Crippen molar-refractivity contribution in [2.24, 2.45) is 0 Å². The summed E-state index contributed by atoms with van der Waals surface area (Å²) < 4.78 is 6.17. The maximum atomic E-state index is 12.1. The molecule has 0 radical (unpaired) electrons. The normalized spacial score (nSPS) is 10.6. The van der Waals surface area contributed by atoms with Crippen LogP contribution in [0.1, 0.15) is 16.1 Å². The second-order valence-electron chi connectivity index (χ2n) is 4.63. The quantitative estimate of drug-likeness (QED) is 0.537. The van der Waals surface area contributed by atoms with E-state index in [9.17, 15) is 9.59 Å². The van der Waals surface area contributed by atoms with Gasteiger partial charge < -0.3 is 9.73 Å². The highest BCUT2D eigenvalue weighted by Gasteiger charge is 2.13. The third-order valence-corrected chi connectivity index (χ3v) is 3.77. The van der Waals surface area contributed by atoms with Crippen LogP contribution in [0.4, 0.5) is 0 Å². The third kappa shape index (κ3) is 3.16. The Hall–Kier alpha value is -2.22. The van der Waals surface area contributed by atoms with Crippen molar-refractivity contribution in [1.82, 2.24) is 10.3 Å². The van der Waals surface area contributed by atoms with Crippen LogP contribution in [-0.2, 0) is 6.54 Å². The van der Waals surface area contributed by atoms with Crippen LogP contribution in [0.15, 0.2) is 57.9 Å². The van der Waals surface area contributed by atoms with Gasteiger partial charge in [-0.15, -0.1) is 0 Å². The zero-order valence-corrected chi connectivity index (χ0v) is 13.5. The van der Waals surface area contributed by atoms with E-state index in [0.717, 1.165) is 9.26 Å². The maximum absolute atomic E-state index is 12.1. The number of aromatic nitrogens is 1. The van der Waals surface area contributed by atoms with E-state index >= 15 is 0 Å². The average molecular weight is 406 g/mol. The molecular weight excluding hydrogens is 395 g/mol. The molecule has 1 amide bonds. The molecule has 6 heteroatoms. The Morgan fingerprint density at radius 2 is 2.09 bits per heavy atom. The molecule has 0 fully saturated rings. The van der Waals surface area contributed by atoms with Gasteiger partial charge in [-0.1, -0.05) is 12.1 Å². The minimum atomic E-state index is -0.645. The van der Waals surface area contributed by atoms with Crippen LogP contribution in [0.2, 0.25) is 0 Å². The lowest BCUT2D eigenvalue weighted by atomic mass is 10.2. The number of rotatable bonds is 3. The summed E-state index contributed by atoms with van der Waals surface area (Å²) in [4.78, 5) is 28.2. The monoisotopic (exact) mass is 406 g/mol. The first-order valence-electron chi connectivity index (χ1n) is 6.55. The average Bonchev–Trinajstić information content (AvgIpc) is 2.53. The number of nitrogens with one attached hydrogen (secondary N) is 1. The molecule has 3 aromatic rings. The lowest BCUT2D eigenvalue weighted by Gasteiger charge is -2.05. The Bertz CT molecular complexity index is 891. The fraction of sp³-hybridized carbons (Fsp3) is 0.0625. The van der Waals surface area contributed by atoms with Gasteiger partial charge in [0.15, 0.2) is 0 Å². The number of pyridine rings is 1. The fourth-order valence-corrected chi connectivity index (χ4v) is 2.47. The van der Waals surface area contributed by atoms with Gasteiger partial charge in [-0.3, -0.25) is 9.78 Å². The van der Waals surface area contributed by atoms with Crippen LogP contribution in [-0.4, -0.2) is 10.9 Å². The van der Waals surface area contributed by atoms with Gasteiger partial charge in [-0.2, -0.15) is 0 Å². The first-order chi connectivity index (χ1) is 10.6. The molecule has 0 saturated carbocycles. The zero-order valence-electron chi connectivity index (χ0n) is 11.4. The highest BCUT2D eigenvalue weighted by Crippen LogP contribution is 2.16. The molecule has 0 bridgehead atoms. The van der Waals surface area contributed by atoms with Crippen molar-refractivity contribution < 1.29 is 9.21 Å². The molecule has 0 aliphatic heterocycles. The van der Waals surface area contributed by atoms with Crippen LogP contribution in [0.3, 0.4) is 0 Å². The van der Waals surface area contributed by atoms with Crippen molar-refractivity contribution in [2.45, 2.75) is 6.54 Å². The molecule has 2 aromatic heterocycles. The molecule has 0 saturated heterocycles. The van der Waals surface area contributed by atoms with E-state index in [0.29, 0.717) is 11.0 Å². The van der Waals surface area contributed by atoms with Crippen molar-refractivity contribution in [3.8, 4) is 0 Å². The van der Waals surface area contributed by atoms with Crippen LogP contribution < -0.4 is 10.9 Å². The fourth-order valence-electron chi connectivity index (χ4n) is 2.01. The van der Waals surface area contributed by atoms with E-state index in [4.69, 9.17) is 4.42 Å². The number of hydrogen-bond donors (Lipinski definition) is 1. The number of halogens is 1. The van der Waals surface area contributed by atoms with E-state index in [-0.39, 0.29) is 12.1 Å². The summed E-state index contributed by atoms with van der Waals surface area (Å²) in [6.45, 7) is 0.254. The summed E-state index contributed by atoms with van der Waals surface area (Å²) in [5, 5.41) is 3.38. The number of carbonyl (C=O) groups excluding carboxylic acids is 1. The summed E-state index contributed by atoms with van der Waals surface area (Å²) in [6, 6.07) is 12.4. The predicted molar refractivity (Wildman–Crippen MR) is 90.6 cm³/mol. The largest absolute Gasteiger partial charge is 0.422 e. The number of nitrogens with zero attached hydrogens (tertiary/aromatic N) is 1. The van der Waals surface area contributed by atoms with Crippen LogP contribution in [0.5, 0.6) is 0 Å². The highest BCUT2D eigenvalue weighted by molar-refractivity contribution is 14.1. The van der Waals surface area contributed by atoms with Crippen molar-refractivity contribution in [3.63, 3.8) is 0 Å². The molecule has 0 atom stereocenters. The van der Waals surface area contributed by atoms with Crippen molar-refractivity contribution in [2.75, 3.05) is 0 Å². The molecule has 1 aromatic carbocycles. The molecule has 2 heterocycles. The Kier molecular flexibility index (Phi) is 4.19. The SMILES string of the molecule is O=C(NCc1ccccn1)c1cc2ccc(I)cc2oc1=O. The maximum Gasteiger partial charge on any atom is 0.349 e. The predicted octanol–water partition coefficient (Wildman–Crippen LogP) is 2.72. The van der Waals surface area contributed by atoms with Gasteiger partial charge in [0.2, 0.25) is 0 Å². The lowest BCUT2D eigenvalue weighted by molar-refractivity contribution is 0.0947. The minimum absolute atomic E-state index is 0.00959. The Morgan fingerprint density at radius 1 is 1.23 bits per heavy atom. The summed E-state index contributed by atoms with van der Waals surface area (Å²) >= 11 is 2.13. The molecular formula is C16H11IN2O3. The first-order valence-corrected chi connectivity index (χ1v) is 7.63. The zero-order chi connectivity index (χ0) is 15.5. The molecule has 3 rings (SSSR count). The highest BCUT2D eigenvalue weighted by atomic mass is 127. The van der Waals surface area contributed by atoms with E-state index < -0.39 is 11.5 Å². The third-order valence-electron chi connectivity index (χ3n) is 3.10. The van der Waals surface area contributed by atoms with Crippen molar-refractivity contribution >= 4 is 39.5 Å². The lowest BCUT2D eigenvalue weighted by Crippen LogP contribution is -2.28. The number of carbonyl (C=O) groups is 1. The van der Waals surface area contributed by atoms with E-state index in [1.165, 1.54) is 0 Å². The van der Waals surface area contributed by atoms with E-state index in [2.05, 4.69) is 32.9 Å². The molecule has 5 nitrogen and oxygen atoms in total. The number of amides is 1. The topological polar surface area (TPSA) is 72.2 Å². The van der Waals surface area contributed by atoms with Gasteiger partial charge in [-0.05, 0) is 52.9 Å².